The van der Waals surface area contributed by atoms with E-state index in [2.05, 4.69) is 100 Å². The number of hydrogen-bond acceptors (Lipinski definition) is 3. The Labute approximate surface area is 200 Å². The van der Waals surface area contributed by atoms with Crippen molar-refractivity contribution >= 4 is 18.7 Å². The van der Waals surface area contributed by atoms with Crippen molar-refractivity contribution in [1.29, 1.82) is 0 Å². The standard InChI is InChI=1S/C29H38O3Si/c1-24(28(30)20-21-31-23-25-14-8-5-9-15-25)22-32-33(29(2,3)4,26-16-10-6-11-17-26)27-18-12-7-13-19-27/h5-19,24,28,30H,20-23H2,1-4H3/t24-,28+/m1/s1. The van der Waals surface area contributed by atoms with Crippen LogP contribution < -0.4 is 10.4 Å². The Balaban J connectivity index is 1.69. The van der Waals surface area contributed by atoms with E-state index < -0.39 is 14.4 Å². The lowest BCUT2D eigenvalue weighted by Crippen LogP contribution is -2.67. The average Bonchev–Trinajstić information content (AvgIpc) is 2.83. The molecule has 0 aliphatic carbocycles. The van der Waals surface area contributed by atoms with Crippen LogP contribution in [0.15, 0.2) is 91.0 Å². The van der Waals surface area contributed by atoms with E-state index in [9.17, 15) is 5.11 Å². The van der Waals surface area contributed by atoms with E-state index in [0.29, 0.717) is 26.2 Å². The summed E-state index contributed by atoms with van der Waals surface area (Å²) in [5.41, 5.74) is 1.15. The van der Waals surface area contributed by atoms with E-state index in [1.807, 2.05) is 18.2 Å². The van der Waals surface area contributed by atoms with Crippen molar-refractivity contribution in [3.05, 3.63) is 96.6 Å². The first-order valence-electron chi connectivity index (χ1n) is 11.9. The molecule has 0 bridgehead atoms. The Morgan fingerprint density at radius 2 is 1.27 bits per heavy atom. The zero-order valence-corrected chi connectivity index (χ0v) is 21.4. The largest absolute Gasteiger partial charge is 0.407 e. The molecule has 3 aromatic rings. The van der Waals surface area contributed by atoms with Crippen LogP contribution in [0.3, 0.4) is 0 Å². The quantitative estimate of drug-likeness (QED) is 0.316. The van der Waals surface area contributed by atoms with E-state index in [4.69, 9.17) is 9.16 Å². The highest BCUT2D eigenvalue weighted by atomic mass is 28.4. The fourth-order valence-corrected chi connectivity index (χ4v) is 9.05. The molecule has 33 heavy (non-hydrogen) atoms. The molecule has 0 aliphatic heterocycles. The van der Waals surface area contributed by atoms with Crippen molar-refractivity contribution in [2.45, 2.75) is 51.9 Å². The third-order valence-electron chi connectivity index (χ3n) is 6.31. The second-order valence-electron chi connectivity index (χ2n) is 9.85. The molecule has 0 radical (unpaired) electrons. The van der Waals surface area contributed by atoms with Crippen molar-refractivity contribution in [2.24, 2.45) is 5.92 Å². The number of ether oxygens (including phenoxy) is 1. The van der Waals surface area contributed by atoms with Crippen LogP contribution in [-0.2, 0) is 15.8 Å². The van der Waals surface area contributed by atoms with Gasteiger partial charge in [0.25, 0.3) is 8.32 Å². The van der Waals surface area contributed by atoms with Crippen LogP contribution in [0.25, 0.3) is 0 Å². The first-order valence-corrected chi connectivity index (χ1v) is 13.8. The van der Waals surface area contributed by atoms with Crippen molar-refractivity contribution in [3.8, 4) is 0 Å². The highest BCUT2D eigenvalue weighted by Crippen LogP contribution is 2.37. The van der Waals surface area contributed by atoms with E-state index in [1.165, 1.54) is 10.4 Å². The van der Waals surface area contributed by atoms with Crippen molar-refractivity contribution < 1.29 is 14.3 Å². The fourth-order valence-electron chi connectivity index (χ4n) is 4.38. The minimum Gasteiger partial charge on any atom is -0.407 e. The Bertz CT molecular complexity index is 899. The van der Waals surface area contributed by atoms with Crippen LogP contribution in [0.1, 0.15) is 39.7 Å². The van der Waals surface area contributed by atoms with Crippen molar-refractivity contribution in [3.63, 3.8) is 0 Å². The van der Waals surface area contributed by atoms with E-state index >= 15 is 0 Å². The summed E-state index contributed by atoms with van der Waals surface area (Å²) in [4.78, 5) is 0. The Kier molecular flexibility index (Phi) is 9.04. The van der Waals surface area contributed by atoms with Crippen LogP contribution in [0.2, 0.25) is 5.04 Å². The van der Waals surface area contributed by atoms with Gasteiger partial charge in [-0.1, -0.05) is 119 Å². The zero-order valence-electron chi connectivity index (χ0n) is 20.4. The van der Waals surface area contributed by atoms with Crippen LogP contribution in [0, 0.1) is 5.92 Å². The highest BCUT2D eigenvalue weighted by Gasteiger charge is 2.50. The van der Waals surface area contributed by atoms with Gasteiger partial charge in [0.2, 0.25) is 0 Å². The fraction of sp³-hybridized carbons (Fsp3) is 0.379. The summed E-state index contributed by atoms with van der Waals surface area (Å²) in [6, 6.07) is 31.4. The third-order valence-corrected chi connectivity index (χ3v) is 11.3. The molecular weight excluding hydrogens is 424 g/mol. The van der Waals surface area contributed by atoms with Gasteiger partial charge in [-0.3, -0.25) is 0 Å². The Morgan fingerprint density at radius 1 is 0.788 bits per heavy atom. The van der Waals surface area contributed by atoms with Crippen LogP contribution in [0.4, 0.5) is 0 Å². The van der Waals surface area contributed by atoms with Crippen molar-refractivity contribution in [1.82, 2.24) is 0 Å². The average molecular weight is 463 g/mol. The molecule has 3 rings (SSSR count). The molecule has 0 heterocycles. The minimum atomic E-state index is -2.58. The van der Waals surface area contributed by atoms with Gasteiger partial charge in [0.15, 0.2) is 0 Å². The van der Waals surface area contributed by atoms with Gasteiger partial charge in [0.05, 0.1) is 12.7 Å². The number of benzene rings is 3. The first-order chi connectivity index (χ1) is 15.8. The summed E-state index contributed by atoms with van der Waals surface area (Å²) >= 11 is 0. The van der Waals surface area contributed by atoms with Gasteiger partial charge < -0.3 is 14.3 Å². The molecule has 2 atom stereocenters. The predicted octanol–water partition coefficient (Wildman–Crippen LogP) is 5.17. The molecule has 3 aromatic carbocycles. The monoisotopic (exact) mass is 462 g/mol. The molecule has 0 fully saturated rings. The lowest BCUT2D eigenvalue weighted by molar-refractivity contribution is 0.0347. The second-order valence-corrected chi connectivity index (χ2v) is 14.2. The third kappa shape index (κ3) is 6.42. The molecule has 0 amide bonds. The summed E-state index contributed by atoms with van der Waals surface area (Å²) in [7, 11) is -2.58. The number of hydrogen-bond donors (Lipinski definition) is 1. The summed E-state index contributed by atoms with van der Waals surface area (Å²) in [5.74, 6) is 0.00646. The lowest BCUT2D eigenvalue weighted by Gasteiger charge is -2.43. The summed E-state index contributed by atoms with van der Waals surface area (Å²) in [6.45, 7) is 10.5. The van der Waals surface area contributed by atoms with E-state index in [1.54, 1.807) is 0 Å². The molecule has 1 N–H and O–H groups in total. The predicted molar refractivity (Wildman–Crippen MR) is 139 cm³/mol. The number of aliphatic hydroxyl groups excluding tert-OH is 1. The lowest BCUT2D eigenvalue weighted by atomic mass is 10.0. The van der Waals surface area contributed by atoms with Gasteiger partial charge in [-0.2, -0.15) is 0 Å². The first kappa shape index (κ1) is 25.4. The minimum absolute atomic E-state index is 0.00646. The zero-order chi connectivity index (χ0) is 23.7. The topological polar surface area (TPSA) is 38.7 Å². The highest BCUT2D eigenvalue weighted by molar-refractivity contribution is 6.99. The van der Waals surface area contributed by atoms with Gasteiger partial charge in [0.1, 0.15) is 0 Å². The second kappa shape index (κ2) is 11.8. The molecule has 0 aromatic heterocycles. The van der Waals surface area contributed by atoms with Crippen LogP contribution in [0.5, 0.6) is 0 Å². The van der Waals surface area contributed by atoms with Gasteiger partial charge in [-0.25, -0.2) is 0 Å². The molecule has 0 spiro atoms. The maximum absolute atomic E-state index is 10.8. The SMILES string of the molecule is C[C@H](CO[Si](c1ccccc1)(c1ccccc1)C(C)(C)C)[C@@H](O)CCOCc1ccccc1. The Morgan fingerprint density at radius 3 is 1.76 bits per heavy atom. The molecule has 3 nitrogen and oxygen atoms in total. The van der Waals surface area contributed by atoms with Crippen LogP contribution >= 0.6 is 0 Å². The molecule has 0 saturated heterocycles. The van der Waals surface area contributed by atoms with Gasteiger partial charge in [-0.05, 0) is 27.4 Å². The maximum Gasteiger partial charge on any atom is 0.261 e. The van der Waals surface area contributed by atoms with Gasteiger partial charge >= 0.3 is 0 Å². The molecule has 0 unspecified atom stereocenters. The van der Waals surface area contributed by atoms with E-state index in [-0.39, 0.29) is 11.0 Å². The molecule has 4 heteroatoms. The molecular formula is C29H38O3Si. The normalized spacial score (nSPS) is 14.1. The number of aliphatic hydroxyl groups is 1. The molecule has 0 aliphatic rings. The van der Waals surface area contributed by atoms with E-state index in [0.717, 1.165) is 5.56 Å². The van der Waals surface area contributed by atoms with Gasteiger partial charge in [-0.15, -0.1) is 0 Å². The molecule has 176 valence electrons. The maximum atomic E-state index is 10.8. The van der Waals surface area contributed by atoms with Gasteiger partial charge in [0, 0.05) is 19.1 Å². The Hall–Kier alpha value is -2.24. The number of rotatable bonds is 11. The van der Waals surface area contributed by atoms with Crippen molar-refractivity contribution in [2.75, 3.05) is 13.2 Å². The smallest absolute Gasteiger partial charge is 0.261 e. The van der Waals surface area contributed by atoms with Crippen LogP contribution in [-0.4, -0.2) is 32.7 Å². The summed E-state index contributed by atoms with van der Waals surface area (Å²) in [6.07, 6.45) is 0.122. The molecule has 0 saturated carbocycles. The summed E-state index contributed by atoms with van der Waals surface area (Å²) < 4.78 is 12.7. The summed E-state index contributed by atoms with van der Waals surface area (Å²) in [5, 5.41) is 13.3.